The number of carbonyl (C=O) groups excluding carboxylic acids is 2. The fourth-order valence-corrected chi connectivity index (χ4v) is 5.76. The van der Waals surface area contributed by atoms with Gasteiger partial charge in [0.2, 0.25) is 5.90 Å². The molecule has 8 nitrogen and oxygen atoms in total. The van der Waals surface area contributed by atoms with E-state index in [1.54, 1.807) is 18.2 Å². The van der Waals surface area contributed by atoms with Crippen molar-refractivity contribution in [2.75, 3.05) is 0 Å². The number of hydrogen-bond donors (Lipinski definition) is 0. The maximum absolute atomic E-state index is 13.0. The largest absolute Gasteiger partial charge is 0.422 e. The molecule has 5 rings (SSSR count). The molecule has 0 spiro atoms. The Morgan fingerprint density at radius 3 is 2.51 bits per heavy atom. The molecule has 1 aliphatic rings. The zero-order valence-corrected chi connectivity index (χ0v) is 23.0. The van der Waals surface area contributed by atoms with Crippen molar-refractivity contribution in [2.24, 2.45) is 4.99 Å². The summed E-state index contributed by atoms with van der Waals surface area (Å²) in [5.41, 5.74) is 0.655. The third-order valence-corrected chi connectivity index (χ3v) is 7.81. The Hall–Kier alpha value is -3.38. The van der Waals surface area contributed by atoms with E-state index in [1.165, 1.54) is 41.7 Å². The van der Waals surface area contributed by atoms with Crippen molar-refractivity contribution in [3.05, 3.63) is 106 Å². The van der Waals surface area contributed by atoms with Gasteiger partial charge in [0.05, 0.1) is 9.95 Å². The summed E-state index contributed by atoms with van der Waals surface area (Å²) in [5, 5.41) is 11.9. The van der Waals surface area contributed by atoms with Crippen LogP contribution in [0.1, 0.15) is 20.8 Å². The molecule has 0 saturated heterocycles. The number of aliphatic imine (C=N–C) groups is 1. The van der Waals surface area contributed by atoms with E-state index in [9.17, 15) is 19.7 Å². The number of esters is 2. The summed E-state index contributed by atoms with van der Waals surface area (Å²) in [6, 6.07) is 15.9. The highest BCUT2D eigenvalue weighted by molar-refractivity contribution is 9.10. The molecule has 0 amide bonds. The normalized spacial score (nSPS) is 14.1. The second kappa shape index (κ2) is 10.2. The fourth-order valence-electron chi connectivity index (χ4n) is 3.45. The number of carbonyl (C=O) groups is 2. The lowest BCUT2D eigenvalue weighted by Crippen LogP contribution is -2.08. The molecule has 0 fully saturated rings. The maximum Gasteiger partial charge on any atom is 0.363 e. The zero-order valence-electron chi connectivity index (χ0n) is 18.2. The standard InChI is InChI=1S/C25H11Br2ClN2O6S/c26-14-4-8-19(35-25(32)22-21(28)17-7-3-15(27)11-20(17)37-22)13(9-14)10-18-24(31)36-23(29-18)12-1-5-16(6-2-12)30(33)34/h1-11H/b18-10+. The van der Waals surface area contributed by atoms with Gasteiger partial charge in [0, 0.05) is 42.3 Å². The highest BCUT2D eigenvalue weighted by Crippen LogP contribution is 2.38. The quantitative estimate of drug-likeness (QED) is 0.0718. The third-order valence-electron chi connectivity index (χ3n) is 5.19. The van der Waals surface area contributed by atoms with E-state index in [1.807, 2.05) is 18.2 Å². The number of non-ortho nitro benzene ring substituents is 1. The van der Waals surface area contributed by atoms with Gasteiger partial charge in [-0.15, -0.1) is 11.3 Å². The molecule has 1 aliphatic heterocycles. The summed E-state index contributed by atoms with van der Waals surface area (Å²) in [5.74, 6) is -1.18. The molecule has 1 aromatic heterocycles. The Kier molecular flexibility index (Phi) is 6.95. The number of cyclic esters (lactones) is 1. The van der Waals surface area contributed by atoms with E-state index in [0.29, 0.717) is 20.6 Å². The molecule has 184 valence electrons. The molecule has 0 N–H and O–H groups in total. The second-order valence-corrected chi connectivity index (χ2v) is 10.9. The fraction of sp³-hybridized carbons (Fsp3) is 0. The SMILES string of the molecule is O=C1OC(c2ccc([N+](=O)[O-])cc2)=N/C1=C/c1cc(Br)ccc1OC(=O)c1sc2cc(Br)ccc2c1Cl. The molecule has 0 saturated carbocycles. The molecule has 12 heteroatoms. The smallest absolute Gasteiger partial charge is 0.363 e. The summed E-state index contributed by atoms with van der Waals surface area (Å²) >= 11 is 14.5. The molecule has 0 atom stereocenters. The van der Waals surface area contributed by atoms with Crippen LogP contribution in [0.2, 0.25) is 5.02 Å². The zero-order chi connectivity index (χ0) is 26.3. The number of halogens is 3. The Bertz CT molecular complexity index is 1680. The molecule has 0 unspecified atom stereocenters. The highest BCUT2D eigenvalue weighted by atomic mass is 79.9. The van der Waals surface area contributed by atoms with Crippen LogP contribution in [0.4, 0.5) is 5.69 Å². The molecule has 2 heterocycles. The minimum atomic E-state index is -0.719. The van der Waals surface area contributed by atoms with Gasteiger partial charge in [-0.2, -0.15) is 0 Å². The van der Waals surface area contributed by atoms with Crippen LogP contribution in [0.3, 0.4) is 0 Å². The number of rotatable bonds is 5. The Morgan fingerprint density at radius 1 is 1.08 bits per heavy atom. The third kappa shape index (κ3) is 5.21. The second-order valence-electron chi connectivity index (χ2n) is 7.60. The van der Waals surface area contributed by atoms with Crippen molar-refractivity contribution in [1.29, 1.82) is 0 Å². The lowest BCUT2D eigenvalue weighted by atomic mass is 10.1. The average molecular weight is 663 g/mol. The van der Waals surface area contributed by atoms with E-state index in [2.05, 4.69) is 36.9 Å². The monoisotopic (exact) mass is 660 g/mol. The maximum atomic E-state index is 13.0. The van der Waals surface area contributed by atoms with Crippen molar-refractivity contribution in [2.45, 2.75) is 0 Å². The average Bonchev–Trinajstić information content (AvgIpc) is 3.39. The van der Waals surface area contributed by atoms with Crippen LogP contribution in [-0.2, 0) is 9.53 Å². The minimum Gasteiger partial charge on any atom is -0.422 e. The van der Waals surface area contributed by atoms with Gasteiger partial charge in [-0.05, 0) is 48.5 Å². The number of thiophene rings is 1. The van der Waals surface area contributed by atoms with Gasteiger partial charge in [0.1, 0.15) is 10.6 Å². The number of nitro groups is 1. The van der Waals surface area contributed by atoms with Gasteiger partial charge >= 0.3 is 11.9 Å². The summed E-state index contributed by atoms with van der Waals surface area (Å²) in [4.78, 5) is 40.3. The number of benzene rings is 3. The summed E-state index contributed by atoms with van der Waals surface area (Å²) < 4.78 is 13.3. The van der Waals surface area contributed by atoms with Crippen molar-refractivity contribution >= 4 is 94.5 Å². The molecule has 4 aromatic rings. The first kappa shape index (κ1) is 25.3. The number of nitro benzene ring substituents is 1. The lowest BCUT2D eigenvalue weighted by Gasteiger charge is -2.08. The molecule has 37 heavy (non-hydrogen) atoms. The van der Waals surface area contributed by atoms with Crippen LogP contribution in [0.15, 0.2) is 80.3 Å². The van der Waals surface area contributed by atoms with E-state index in [-0.39, 0.29) is 27.9 Å². The predicted octanol–water partition coefficient (Wildman–Crippen LogP) is 7.55. The van der Waals surface area contributed by atoms with E-state index < -0.39 is 16.9 Å². The van der Waals surface area contributed by atoms with Crippen LogP contribution < -0.4 is 4.74 Å². The number of hydrogen-bond acceptors (Lipinski definition) is 8. The summed E-state index contributed by atoms with van der Waals surface area (Å²) in [7, 11) is 0. The van der Waals surface area contributed by atoms with Crippen molar-refractivity contribution in [1.82, 2.24) is 0 Å². The van der Waals surface area contributed by atoms with Crippen LogP contribution in [0.5, 0.6) is 5.75 Å². The topological polar surface area (TPSA) is 108 Å². The molecule has 0 aliphatic carbocycles. The van der Waals surface area contributed by atoms with Crippen molar-refractivity contribution in [3.8, 4) is 5.75 Å². The summed E-state index contributed by atoms with van der Waals surface area (Å²) in [6.45, 7) is 0. The van der Waals surface area contributed by atoms with E-state index in [4.69, 9.17) is 21.1 Å². The van der Waals surface area contributed by atoms with Crippen LogP contribution in [0, 0.1) is 10.1 Å². The summed E-state index contributed by atoms with van der Waals surface area (Å²) in [6.07, 6.45) is 1.43. The first-order valence-corrected chi connectivity index (χ1v) is 13.1. The first-order valence-electron chi connectivity index (χ1n) is 10.4. The molecule has 0 radical (unpaired) electrons. The minimum absolute atomic E-state index is 0.00269. The molecular formula is C25H11Br2ClN2O6S. The van der Waals surface area contributed by atoms with Gasteiger partial charge in [-0.1, -0.05) is 49.5 Å². The Morgan fingerprint density at radius 2 is 1.78 bits per heavy atom. The number of nitrogens with zero attached hydrogens (tertiary/aromatic N) is 2. The van der Waals surface area contributed by atoms with Crippen LogP contribution in [-0.4, -0.2) is 22.8 Å². The number of fused-ring (bicyclic) bond motifs is 1. The van der Waals surface area contributed by atoms with Gasteiger partial charge in [0.25, 0.3) is 5.69 Å². The lowest BCUT2D eigenvalue weighted by molar-refractivity contribution is -0.384. The molecule has 3 aromatic carbocycles. The first-order chi connectivity index (χ1) is 17.7. The molecule has 0 bridgehead atoms. The van der Waals surface area contributed by atoms with Gasteiger partial charge in [-0.3, -0.25) is 10.1 Å². The van der Waals surface area contributed by atoms with E-state index >= 15 is 0 Å². The van der Waals surface area contributed by atoms with Crippen molar-refractivity contribution in [3.63, 3.8) is 0 Å². The Balaban J connectivity index is 1.46. The van der Waals surface area contributed by atoms with Gasteiger partial charge in [-0.25, -0.2) is 14.6 Å². The van der Waals surface area contributed by atoms with Gasteiger partial charge < -0.3 is 9.47 Å². The van der Waals surface area contributed by atoms with Crippen LogP contribution in [0.25, 0.3) is 16.2 Å². The Labute approximate surface area is 234 Å². The predicted molar refractivity (Wildman–Crippen MR) is 147 cm³/mol. The van der Waals surface area contributed by atoms with Gasteiger partial charge in [0.15, 0.2) is 5.70 Å². The molecular weight excluding hydrogens is 652 g/mol. The van der Waals surface area contributed by atoms with Crippen LogP contribution >= 0.6 is 54.8 Å². The van der Waals surface area contributed by atoms with Crippen molar-refractivity contribution < 1.29 is 24.0 Å². The number of ether oxygens (including phenoxy) is 2. The van der Waals surface area contributed by atoms with E-state index in [0.717, 1.165) is 14.6 Å². The highest BCUT2D eigenvalue weighted by Gasteiger charge is 2.26.